The van der Waals surface area contributed by atoms with Crippen molar-refractivity contribution >= 4 is 21.6 Å². The van der Waals surface area contributed by atoms with Gasteiger partial charge in [0.1, 0.15) is 16.4 Å². The molecule has 1 fully saturated rings. The van der Waals surface area contributed by atoms with E-state index >= 15 is 0 Å². The van der Waals surface area contributed by atoms with Crippen molar-refractivity contribution in [3.8, 4) is 11.4 Å². The molecule has 0 bridgehead atoms. The van der Waals surface area contributed by atoms with Crippen LogP contribution in [0.3, 0.4) is 0 Å². The van der Waals surface area contributed by atoms with Gasteiger partial charge in [-0.05, 0) is 57.9 Å². The number of carbonyl (C=O) groups is 1. The molecule has 0 radical (unpaired) electrons. The van der Waals surface area contributed by atoms with Crippen molar-refractivity contribution in [3.63, 3.8) is 0 Å². The summed E-state index contributed by atoms with van der Waals surface area (Å²) in [5.74, 6) is 1.67. The third kappa shape index (κ3) is 4.12. The number of H-pyrrole nitrogens is 1. The van der Waals surface area contributed by atoms with Crippen molar-refractivity contribution in [2.24, 2.45) is 0 Å². The average molecular weight is 430 g/mol. The molecule has 1 saturated carbocycles. The van der Waals surface area contributed by atoms with Crippen molar-refractivity contribution in [1.82, 2.24) is 25.1 Å². The number of nitrogens with one attached hydrogen (secondary N) is 3. The Kier molecular flexibility index (Phi) is 5.16. The SMILES string of the molecule is Cc1noc(C)c1S(=O)(=O)N[C@@H](C)C(=O)Nc1ccc(-c2n[nH]c(C3CC3)n2)cc1. The Labute approximate surface area is 173 Å². The van der Waals surface area contributed by atoms with Crippen molar-refractivity contribution < 1.29 is 17.7 Å². The van der Waals surface area contributed by atoms with Crippen LogP contribution in [0.15, 0.2) is 33.7 Å². The molecule has 10 nitrogen and oxygen atoms in total. The smallest absolute Gasteiger partial charge is 0.246 e. The third-order valence-corrected chi connectivity index (χ3v) is 6.62. The Morgan fingerprint density at radius 1 is 1.23 bits per heavy atom. The van der Waals surface area contributed by atoms with Crippen LogP contribution in [0.4, 0.5) is 5.69 Å². The first-order valence-corrected chi connectivity index (χ1v) is 11.0. The lowest BCUT2D eigenvalue weighted by Crippen LogP contribution is -2.41. The van der Waals surface area contributed by atoms with Gasteiger partial charge < -0.3 is 9.84 Å². The summed E-state index contributed by atoms with van der Waals surface area (Å²) in [5.41, 5.74) is 1.59. The Morgan fingerprint density at radius 2 is 1.93 bits per heavy atom. The summed E-state index contributed by atoms with van der Waals surface area (Å²) in [6, 6.07) is 6.03. The van der Waals surface area contributed by atoms with Gasteiger partial charge in [-0.2, -0.15) is 9.82 Å². The largest absolute Gasteiger partial charge is 0.360 e. The maximum Gasteiger partial charge on any atom is 0.246 e. The minimum atomic E-state index is -3.94. The van der Waals surface area contributed by atoms with Gasteiger partial charge >= 0.3 is 0 Å². The van der Waals surface area contributed by atoms with Crippen LogP contribution < -0.4 is 10.0 Å². The summed E-state index contributed by atoms with van der Waals surface area (Å²) in [6.07, 6.45) is 2.27. The van der Waals surface area contributed by atoms with Crippen LogP contribution in [-0.2, 0) is 14.8 Å². The molecule has 2 heterocycles. The molecule has 0 unspecified atom stereocenters. The first kappa shape index (κ1) is 20.2. The molecule has 30 heavy (non-hydrogen) atoms. The Morgan fingerprint density at radius 3 is 2.53 bits per heavy atom. The number of hydrogen-bond donors (Lipinski definition) is 3. The predicted octanol–water partition coefficient (Wildman–Crippen LogP) is 2.26. The molecule has 3 aromatic rings. The Bertz CT molecular complexity index is 1160. The van der Waals surface area contributed by atoms with E-state index in [4.69, 9.17) is 4.52 Å². The second kappa shape index (κ2) is 7.65. The van der Waals surface area contributed by atoms with Gasteiger partial charge in [-0.25, -0.2) is 13.4 Å². The standard InChI is InChI=1S/C19H22N6O4S/c1-10-16(12(3)29-24-10)30(27,28)25-11(2)19(26)20-15-8-6-14(7-9-15)18-21-17(22-23-18)13-4-5-13/h6-9,11,13,25H,4-5H2,1-3H3,(H,20,26)(H,21,22,23)/t11-/m0/s1. The number of aromatic nitrogens is 4. The Hall–Kier alpha value is -3.05. The van der Waals surface area contributed by atoms with Crippen LogP contribution in [0.2, 0.25) is 0 Å². The van der Waals surface area contributed by atoms with E-state index in [0.29, 0.717) is 17.4 Å². The molecule has 158 valence electrons. The highest BCUT2D eigenvalue weighted by Crippen LogP contribution is 2.38. The molecule has 3 N–H and O–H groups in total. The summed E-state index contributed by atoms with van der Waals surface area (Å²) < 4.78 is 32.4. The fourth-order valence-corrected chi connectivity index (χ4v) is 4.63. The van der Waals surface area contributed by atoms with Crippen molar-refractivity contribution in [2.45, 2.75) is 50.5 Å². The van der Waals surface area contributed by atoms with Gasteiger partial charge in [0.25, 0.3) is 0 Å². The maximum absolute atomic E-state index is 12.6. The van der Waals surface area contributed by atoms with E-state index in [-0.39, 0.29) is 16.3 Å². The number of anilines is 1. The molecular weight excluding hydrogens is 408 g/mol. The molecule has 1 aliphatic rings. The molecule has 2 aromatic heterocycles. The lowest BCUT2D eigenvalue weighted by Gasteiger charge is -2.14. The highest BCUT2D eigenvalue weighted by atomic mass is 32.2. The molecule has 1 amide bonds. The predicted molar refractivity (Wildman–Crippen MR) is 108 cm³/mol. The molecule has 1 aromatic carbocycles. The lowest BCUT2D eigenvalue weighted by molar-refractivity contribution is -0.117. The zero-order valence-electron chi connectivity index (χ0n) is 16.8. The van der Waals surface area contributed by atoms with Gasteiger partial charge in [0.2, 0.25) is 15.9 Å². The summed E-state index contributed by atoms with van der Waals surface area (Å²) in [7, 11) is -3.94. The van der Waals surface area contributed by atoms with E-state index in [0.717, 1.165) is 24.2 Å². The van der Waals surface area contributed by atoms with Crippen molar-refractivity contribution in [2.75, 3.05) is 5.32 Å². The zero-order valence-corrected chi connectivity index (χ0v) is 17.6. The lowest BCUT2D eigenvalue weighted by atomic mass is 10.2. The van der Waals surface area contributed by atoms with Gasteiger partial charge in [-0.3, -0.25) is 9.89 Å². The van der Waals surface area contributed by atoms with E-state index in [2.05, 4.69) is 30.4 Å². The summed E-state index contributed by atoms with van der Waals surface area (Å²) in [4.78, 5) is 16.9. The molecule has 1 atom stereocenters. The second-order valence-corrected chi connectivity index (χ2v) is 9.03. The number of aromatic amines is 1. The number of amides is 1. The molecule has 0 spiro atoms. The van der Waals surface area contributed by atoms with Crippen LogP contribution in [0.1, 0.15) is 43.0 Å². The molecule has 1 aliphatic carbocycles. The summed E-state index contributed by atoms with van der Waals surface area (Å²) >= 11 is 0. The minimum Gasteiger partial charge on any atom is -0.360 e. The second-order valence-electron chi connectivity index (χ2n) is 7.38. The number of benzene rings is 1. The molecule has 11 heteroatoms. The van der Waals surface area contributed by atoms with E-state index in [9.17, 15) is 13.2 Å². The molecule has 0 aliphatic heterocycles. The third-order valence-electron chi connectivity index (χ3n) is 4.84. The van der Waals surface area contributed by atoms with Gasteiger partial charge in [0.05, 0.1) is 6.04 Å². The first-order chi connectivity index (χ1) is 14.2. The zero-order chi connectivity index (χ0) is 21.5. The number of carbonyl (C=O) groups excluding carboxylic acids is 1. The van der Waals surface area contributed by atoms with Crippen LogP contribution in [0.25, 0.3) is 11.4 Å². The highest BCUT2D eigenvalue weighted by molar-refractivity contribution is 7.89. The quantitative estimate of drug-likeness (QED) is 0.522. The maximum atomic E-state index is 12.6. The Balaban J connectivity index is 1.40. The van der Waals surface area contributed by atoms with Crippen LogP contribution in [0.5, 0.6) is 0 Å². The van der Waals surface area contributed by atoms with Gasteiger partial charge in [-0.1, -0.05) is 5.16 Å². The number of sulfonamides is 1. The van der Waals surface area contributed by atoms with Gasteiger partial charge in [0.15, 0.2) is 11.6 Å². The fourth-order valence-electron chi connectivity index (χ4n) is 3.10. The van der Waals surface area contributed by atoms with E-state index in [1.165, 1.54) is 20.8 Å². The van der Waals surface area contributed by atoms with Crippen molar-refractivity contribution in [3.05, 3.63) is 41.5 Å². The number of nitrogens with zero attached hydrogens (tertiary/aromatic N) is 3. The van der Waals surface area contributed by atoms with Crippen LogP contribution >= 0.6 is 0 Å². The van der Waals surface area contributed by atoms with E-state index in [1.807, 2.05) is 0 Å². The van der Waals surface area contributed by atoms with E-state index in [1.54, 1.807) is 24.3 Å². The highest BCUT2D eigenvalue weighted by Gasteiger charge is 2.29. The van der Waals surface area contributed by atoms with E-state index < -0.39 is 22.0 Å². The monoisotopic (exact) mass is 430 g/mol. The van der Waals surface area contributed by atoms with Crippen LogP contribution in [-0.4, -0.2) is 40.7 Å². The molecule has 4 rings (SSSR count). The summed E-state index contributed by atoms with van der Waals surface area (Å²) in [6.45, 7) is 4.49. The average Bonchev–Trinajstić information content (AvgIpc) is 3.32. The van der Waals surface area contributed by atoms with Crippen LogP contribution in [0, 0.1) is 13.8 Å². The van der Waals surface area contributed by atoms with Crippen molar-refractivity contribution in [1.29, 1.82) is 0 Å². The topological polar surface area (TPSA) is 143 Å². The fraction of sp³-hybridized carbons (Fsp3) is 0.368. The molecule has 0 saturated heterocycles. The number of aryl methyl sites for hydroxylation is 2. The minimum absolute atomic E-state index is 0.0522. The molecular formula is C19H22N6O4S. The van der Waals surface area contributed by atoms with Gasteiger partial charge in [-0.15, -0.1) is 0 Å². The normalized spacial score (nSPS) is 15.2. The number of rotatable bonds is 7. The summed E-state index contributed by atoms with van der Waals surface area (Å²) in [5, 5.41) is 13.5. The first-order valence-electron chi connectivity index (χ1n) is 9.53. The number of hydrogen-bond acceptors (Lipinski definition) is 7. The van der Waals surface area contributed by atoms with Gasteiger partial charge in [0, 0.05) is 17.2 Å².